The normalized spacial score (nSPS) is 9.64. The van der Waals surface area contributed by atoms with Crippen LogP contribution in [0.25, 0.3) is 5.69 Å². The molecule has 0 aliphatic heterocycles. The third-order valence-corrected chi connectivity index (χ3v) is 1.70. The van der Waals surface area contributed by atoms with Gasteiger partial charge in [0.05, 0.1) is 11.6 Å². The van der Waals surface area contributed by atoms with Gasteiger partial charge in [-0.1, -0.05) is 0 Å². The van der Waals surface area contributed by atoms with Gasteiger partial charge in [-0.2, -0.15) is 9.94 Å². The largest absolute Gasteiger partial charge is 0.506 e. The molecule has 0 aliphatic carbocycles. The first-order valence-electron chi connectivity index (χ1n) is 3.78. The van der Waals surface area contributed by atoms with Gasteiger partial charge in [0, 0.05) is 0 Å². The molecule has 0 radical (unpaired) electrons. The first-order chi connectivity index (χ1) is 6.81. The standard InChI is InChI=1S/C8H5N5O/c9-4-6-1-2-8(14)7(3-6)13-5-10-11-12-13/h1-3,5,14H. The third kappa shape index (κ3) is 1.27. The number of rotatable bonds is 1. The van der Waals surface area contributed by atoms with Gasteiger partial charge in [0.2, 0.25) is 0 Å². The summed E-state index contributed by atoms with van der Waals surface area (Å²) >= 11 is 0. The third-order valence-electron chi connectivity index (χ3n) is 1.70. The van der Waals surface area contributed by atoms with Gasteiger partial charge in [-0.3, -0.25) is 0 Å². The molecule has 0 bridgehead atoms. The Labute approximate surface area is 79.0 Å². The molecule has 6 heteroatoms. The van der Waals surface area contributed by atoms with Gasteiger partial charge in [0.1, 0.15) is 17.8 Å². The molecule has 1 heterocycles. The molecule has 1 N–H and O–H groups in total. The van der Waals surface area contributed by atoms with E-state index in [-0.39, 0.29) is 5.75 Å². The highest BCUT2D eigenvalue weighted by Gasteiger charge is 2.05. The molecule has 0 amide bonds. The summed E-state index contributed by atoms with van der Waals surface area (Å²) in [6.45, 7) is 0. The van der Waals surface area contributed by atoms with Crippen LogP contribution in [0.1, 0.15) is 5.56 Å². The van der Waals surface area contributed by atoms with Crippen molar-refractivity contribution in [2.24, 2.45) is 0 Å². The van der Waals surface area contributed by atoms with E-state index < -0.39 is 0 Å². The lowest BCUT2D eigenvalue weighted by Gasteiger charge is -2.01. The first kappa shape index (κ1) is 8.19. The summed E-state index contributed by atoms with van der Waals surface area (Å²) in [5.41, 5.74) is 0.822. The maximum Gasteiger partial charge on any atom is 0.144 e. The second-order valence-corrected chi connectivity index (χ2v) is 2.57. The molecule has 14 heavy (non-hydrogen) atoms. The van der Waals surface area contributed by atoms with Crippen LogP contribution < -0.4 is 0 Å². The van der Waals surface area contributed by atoms with E-state index in [0.717, 1.165) is 0 Å². The molecule has 2 rings (SSSR count). The van der Waals surface area contributed by atoms with Crippen LogP contribution in [0.5, 0.6) is 5.75 Å². The molecule has 1 aromatic heterocycles. The van der Waals surface area contributed by atoms with Gasteiger partial charge < -0.3 is 5.11 Å². The minimum absolute atomic E-state index is 0.0244. The van der Waals surface area contributed by atoms with Crippen molar-refractivity contribution < 1.29 is 5.11 Å². The molecule has 0 unspecified atom stereocenters. The Hall–Kier alpha value is -2.42. The number of phenolic OH excluding ortho intramolecular Hbond substituents is 1. The summed E-state index contributed by atoms with van der Waals surface area (Å²) in [6, 6.07) is 6.41. The summed E-state index contributed by atoms with van der Waals surface area (Å²) in [4.78, 5) is 0. The van der Waals surface area contributed by atoms with Gasteiger partial charge >= 0.3 is 0 Å². The van der Waals surface area contributed by atoms with Crippen LogP contribution in [0.3, 0.4) is 0 Å². The molecule has 1 aromatic carbocycles. The van der Waals surface area contributed by atoms with Crippen LogP contribution in [0, 0.1) is 11.3 Å². The van der Waals surface area contributed by atoms with E-state index in [2.05, 4.69) is 15.5 Å². The summed E-state index contributed by atoms with van der Waals surface area (Å²) in [6.07, 6.45) is 1.34. The number of aromatic hydroxyl groups is 1. The van der Waals surface area contributed by atoms with Crippen LogP contribution in [0.2, 0.25) is 0 Å². The summed E-state index contributed by atoms with van der Waals surface area (Å²) in [5.74, 6) is 0.0244. The lowest BCUT2D eigenvalue weighted by molar-refractivity contribution is 0.469. The zero-order chi connectivity index (χ0) is 9.97. The average molecular weight is 187 g/mol. The number of aromatic nitrogens is 4. The molecule has 0 saturated carbocycles. The minimum Gasteiger partial charge on any atom is -0.506 e. The average Bonchev–Trinajstić information content (AvgIpc) is 2.71. The van der Waals surface area contributed by atoms with E-state index >= 15 is 0 Å². The van der Waals surface area contributed by atoms with E-state index in [1.165, 1.54) is 29.2 Å². The Balaban J connectivity index is 2.58. The van der Waals surface area contributed by atoms with Gasteiger partial charge in [-0.05, 0) is 28.6 Å². The second kappa shape index (κ2) is 3.14. The van der Waals surface area contributed by atoms with Crippen molar-refractivity contribution in [1.29, 1.82) is 5.26 Å². The van der Waals surface area contributed by atoms with E-state index in [9.17, 15) is 5.11 Å². The van der Waals surface area contributed by atoms with Crippen molar-refractivity contribution in [3.8, 4) is 17.5 Å². The van der Waals surface area contributed by atoms with E-state index in [4.69, 9.17) is 5.26 Å². The molecule has 0 atom stereocenters. The van der Waals surface area contributed by atoms with Gasteiger partial charge in [0.15, 0.2) is 0 Å². The molecular formula is C8H5N5O. The van der Waals surface area contributed by atoms with Crippen LogP contribution in [-0.4, -0.2) is 25.3 Å². The van der Waals surface area contributed by atoms with Crippen molar-refractivity contribution in [3.63, 3.8) is 0 Å². The van der Waals surface area contributed by atoms with Crippen molar-refractivity contribution in [2.45, 2.75) is 0 Å². The predicted octanol–water partition coefficient (Wildman–Crippen LogP) is 0.240. The number of benzene rings is 1. The molecule has 0 aliphatic rings. The van der Waals surface area contributed by atoms with Crippen molar-refractivity contribution in [3.05, 3.63) is 30.1 Å². The number of hydrogen-bond donors (Lipinski definition) is 1. The highest BCUT2D eigenvalue weighted by molar-refractivity contribution is 5.50. The van der Waals surface area contributed by atoms with Gasteiger partial charge in [-0.15, -0.1) is 5.10 Å². The first-order valence-corrected chi connectivity index (χ1v) is 3.78. The molecule has 68 valence electrons. The van der Waals surface area contributed by atoms with Crippen LogP contribution in [0.4, 0.5) is 0 Å². The van der Waals surface area contributed by atoms with Gasteiger partial charge in [0.25, 0.3) is 0 Å². The molecular weight excluding hydrogens is 182 g/mol. The lowest BCUT2D eigenvalue weighted by Crippen LogP contribution is -1.96. The Morgan fingerprint density at radius 1 is 1.43 bits per heavy atom. The number of phenols is 1. The quantitative estimate of drug-likeness (QED) is 0.690. The summed E-state index contributed by atoms with van der Waals surface area (Å²) < 4.78 is 1.29. The molecule has 0 fully saturated rings. The highest BCUT2D eigenvalue weighted by atomic mass is 16.3. The number of tetrazole rings is 1. The van der Waals surface area contributed by atoms with E-state index in [1.54, 1.807) is 0 Å². The summed E-state index contributed by atoms with van der Waals surface area (Å²) in [7, 11) is 0. The fourth-order valence-corrected chi connectivity index (χ4v) is 1.05. The van der Waals surface area contributed by atoms with Crippen LogP contribution >= 0.6 is 0 Å². The second-order valence-electron chi connectivity index (χ2n) is 2.57. The van der Waals surface area contributed by atoms with Crippen molar-refractivity contribution >= 4 is 0 Å². The fraction of sp³-hybridized carbons (Fsp3) is 0. The maximum atomic E-state index is 9.48. The Morgan fingerprint density at radius 3 is 2.93 bits per heavy atom. The maximum absolute atomic E-state index is 9.48. The number of nitrogens with zero attached hydrogens (tertiary/aromatic N) is 5. The zero-order valence-corrected chi connectivity index (χ0v) is 6.99. The molecule has 2 aromatic rings. The van der Waals surface area contributed by atoms with Crippen LogP contribution in [0.15, 0.2) is 24.5 Å². The smallest absolute Gasteiger partial charge is 0.144 e. The fourth-order valence-electron chi connectivity index (χ4n) is 1.05. The molecule has 0 spiro atoms. The monoisotopic (exact) mass is 187 g/mol. The number of nitriles is 1. The zero-order valence-electron chi connectivity index (χ0n) is 6.99. The predicted molar refractivity (Wildman–Crippen MR) is 45.5 cm³/mol. The van der Waals surface area contributed by atoms with Crippen LogP contribution in [-0.2, 0) is 0 Å². The highest BCUT2D eigenvalue weighted by Crippen LogP contribution is 2.20. The van der Waals surface area contributed by atoms with E-state index in [0.29, 0.717) is 11.3 Å². The molecule has 6 nitrogen and oxygen atoms in total. The van der Waals surface area contributed by atoms with E-state index in [1.807, 2.05) is 6.07 Å². The molecule has 0 saturated heterocycles. The Kier molecular flexibility index (Phi) is 1.84. The summed E-state index contributed by atoms with van der Waals surface area (Å²) in [5, 5.41) is 28.6. The van der Waals surface area contributed by atoms with Gasteiger partial charge in [-0.25, -0.2) is 0 Å². The van der Waals surface area contributed by atoms with Crippen molar-refractivity contribution in [2.75, 3.05) is 0 Å². The Bertz CT molecular complexity index is 485. The number of hydrogen-bond acceptors (Lipinski definition) is 5. The SMILES string of the molecule is N#Cc1ccc(O)c(-n2cnnn2)c1. The minimum atomic E-state index is 0.0244. The Morgan fingerprint density at radius 2 is 2.29 bits per heavy atom. The topological polar surface area (TPSA) is 87.6 Å². The lowest BCUT2D eigenvalue weighted by atomic mass is 10.2. The van der Waals surface area contributed by atoms with Crippen molar-refractivity contribution in [1.82, 2.24) is 20.2 Å².